The molecule has 7 heteroatoms. The zero-order valence-corrected chi connectivity index (χ0v) is 12.6. The molecular formula is C13H16N2O3S2. The number of carbonyl (C=O) groups is 1. The molecule has 1 amide bonds. The molecule has 0 aliphatic rings. The molecule has 0 aliphatic carbocycles. The molecule has 3 N–H and O–H groups in total. The molecular weight excluding hydrogens is 296 g/mol. The number of nitrogens with zero attached hydrogens (tertiary/aromatic N) is 1. The Morgan fingerprint density at radius 1 is 1.40 bits per heavy atom. The van der Waals surface area contributed by atoms with Gasteiger partial charge < -0.3 is 15.5 Å². The highest BCUT2D eigenvalue weighted by Gasteiger charge is 2.24. The van der Waals surface area contributed by atoms with Gasteiger partial charge >= 0.3 is 0 Å². The van der Waals surface area contributed by atoms with Gasteiger partial charge in [0.1, 0.15) is 5.01 Å². The van der Waals surface area contributed by atoms with Crippen LogP contribution in [0.1, 0.15) is 12.6 Å². The van der Waals surface area contributed by atoms with E-state index in [0.717, 1.165) is 9.88 Å². The lowest BCUT2D eigenvalue weighted by Crippen LogP contribution is -2.52. The number of thiazole rings is 1. The lowest BCUT2D eigenvalue weighted by atomic mass is 10.1. The number of thiophene rings is 1. The number of aliphatic hydroxyl groups excluding tert-OH is 2. The summed E-state index contributed by atoms with van der Waals surface area (Å²) < 4.78 is 0. The lowest BCUT2D eigenvalue weighted by molar-refractivity contribution is -0.123. The maximum atomic E-state index is 11.9. The Labute approximate surface area is 124 Å². The summed E-state index contributed by atoms with van der Waals surface area (Å²) in [6.07, 6.45) is 0.136. The summed E-state index contributed by atoms with van der Waals surface area (Å²) >= 11 is 3.11. The van der Waals surface area contributed by atoms with Crippen molar-refractivity contribution < 1.29 is 15.0 Å². The highest BCUT2D eigenvalue weighted by molar-refractivity contribution is 7.20. The van der Waals surface area contributed by atoms with E-state index in [-0.39, 0.29) is 25.5 Å². The number of hydrogen-bond donors (Lipinski definition) is 3. The van der Waals surface area contributed by atoms with E-state index in [1.54, 1.807) is 18.3 Å². The molecule has 0 saturated carbocycles. The summed E-state index contributed by atoms with van der Waals surface area (Å²) in [7, 11) is 0. The van der Waals surface area contributed by atoms with E-state index in [1.807, 2.05) is 22.9 Å². The smallest absolute Gasteiger partial charge is 0.226 e. The second kappa shape index (κ2) is 6.45. The van der Waals surface area contributed by atoms with Crippen LogP contribution < -0.4 is 5.32 Å². The second-order valence-electron chi connectivity index (χ2n) is 4.72. The minimum Gasteiger partial charge on any atom is -0.394 e. The summed E-state index contributed by atoms with van der Waals surface area (Å²) in [6.45, 7) is 0.961. The van der Waals surface area contributed by atoms with Gasteiger partial charge in [0.25, 0.3) is 0 Å². The first-order valence-electron chi connectivity index (χ1n) is 6.07. The van der Waals surface area contributed by atoms with Gasteiger partial charge in [0.05, 0.1) is 35.7 Å². The van der Waals surface area contributed by atoms with Crippen molar-refractivity contribution in [2.24, 2.45) is 0 Å². The van der Waals surface area contributed by atoms with Crippen LogP contribution in [0.3, 0.4) is 0 Å². The molecule has 0 aromatic carbocycles. The molecule has 0 radical (unpaired) electrons. The Morgan fingerprint density at radius 2 is 2.15 bits per heavy atom. The quantitative estimate of drug-likeness (QED) is 0.750. The fourth-order valence-corrected chi connectivity index (χ4v) is 3.21. The standard InChI is InChI=1S/C13H16N2O3S2/c1-13(7-16,8-17)15-11(18)5-9-6-20-12(14-9)10-3-2-4-19-10/h2-4,6,16-17H,5,7-8H2,1H3,(H,15,18). The number of hydrogen-bond acceptors (Lipinski definition) is 6. The molecule has 0 saturated heterocycles. The molecule has 0 unspecified atom stereocenters. The van der Waals surface area contributed by atoms with Gasteiger partial charge in [-0.2, -0.15) is 0 Å². The predicted octanol–water partition coefficient (Wildman–Crippen LogP) is 1.27. The summed E-state index contributed by atoms with van der Waals surface area (Å²) in [5.41, 5.74) is -0.307. The third kappa shape index (κ3) is 3.63. The molecule has 0 bridgehead atoms. The van der Waals surface area contributed by atoms with Crippen LogP contribution >= 0.6 is 22.7 Å². The topological polar surface area (TPSA) is 82.5 Å². The van der Waals surface area contributed by atoms with Gasteiger partial charge in [-0.15, -0.1) is 22.7 Å². The third-order valence-electron chi connectivity index (χ3n) is 2.76. The van der Waals surface area contributed by atoms with E-state index in [9.17, 15) is 4.79 Å². The SMILES string of the molecule is CC(CO)(CO)NC(=O)Cc1csc(-c2cccs2)n1. The number of rotatable bonds is 6. The maximum absolute atomic E-state index is 11.9. The van der Waals surface area contributed by atoms with Gasteiger partial charge in [-0.3, -0.25) is 4.79 Å². The van der Waals surface area contributed by atoms with Gasteiger partial charge in [0.15, 0.2) is 0 Å². The fourth-order valence-electron chi connectivity index (χ4n) is 1.58. The van der Waals surface area contributed by atoms with Crippen molar-refractivity contribution in [3.8, 4) is 9.88 Å². The first-order valence-corrected chi connectivity index (χ1v) is 7.83. The van der Waals surface area contributed by atoms with Crippen molar-refractivity contribution in [1.29, 1.82) is 0 Å². The van der Waals surface area contributed by atoms with Crippen LogP contribution in [0, 0.1) is 0 Å². The molecule has 0 fully saturated rings. The van der Waals surface area contributed by atoms with Crippen LogP contribution in [-0.2, 0) is 11.2 Å². The van der Waals surface area contributed by atoms with Crippen molar-refractivity contribution >= 4 is 28.6 Å². The Kier molecular flexibility index (Phi) is 4.87. The van der Waals surface area contributed by atoms with Crippen molar-refractivity contribution in [3.05, 3.63) is 28.6 Å². The molecule has 2 heterocycles. The number of aliphatic hydroxyl groups is 2. The van der Waals surface area contributed by atoms with Crippen LogP contribution in [0.4, 0.5) is 0 Å². The normalized spacial score (nSPS) is 11.6. The van der Waals surface area contributed by atoms with Gasteiger partial charge in [-0.25, -0.2) is 4.98 Å². The number of nitrogens with one attached hydrogen (secondary N) is 1. The second-order valence-corrected chi connectivity index (χ2v) is 6.53. The van der Waals surface area contributed by atoms with Crippen molar-refractivity contribution in [2.45, 2.75) is 18.9 Å². The van der Waals surface area contributed by atoms with E-state index in [2.05, 4.69) is 10.3 Å². The third-order valence-corrected chi connectivity index (χ3v) is 4.69. The van der Waals surface area contributed by atoms with Crippen molar-refractivity contribution in [3.63, 3.8) is 0 Å². The fraction of sp³-hybridized carbons (Fsp3) is 0.385. The van der Waals surface area contributed by atoms with Crippen molar-refractivity contribution in [2.75, 3.05) is 13.2 Å². The number of aromatic nitrogens is 1. The van der Waals surface area contributed by atoms with E-state index >= 15 is 0 Å². The number of amides is 1. The van der Waals surface area contributed by atoms with E-state index in [1.165, 1.54) is 11.3 Å². The molecule has 2 aromatic rings. The number of carbonyl (C=O) groups excluding carboxylic acids is 1. The molecule has 20 heavy (non-hydrogen) atoms. The summed E-state index contributed by atoms with van der Waals surface area (Å²) in [5.74, 6) is -0.265. The van der Waals surface area contributed by atoms with Gasteiger partial charge in [-0.05, 0) is 18.4 Å². The van der Waals surface area contributed by atoms with Crippen LogP contribution in [0.2, 0.25) is 0 Å². The van der Waals surface area contributed by atoms with Crippen LogP contribution in [0.5, 0.6) is 0 Å². The summed E-state index contributed by atoms with van der Waals surface area (Å²) in [4.78, 5) is 17.4. The first-order chi connectivity index (χ1) is 9.56. The lowest BCUT2D eigenvalue weighted by Gasteiger charge is -2.25. The largest absolute Gasteiger partial charge is 0.394 e. The zero-order chi connectivity index (χ0) is 14.6. The van der Waals surface area contributed by atoms with Crippen LogP contribution in [0.25, 0.3) is 9.88 Å². The first kappa shape index (κ1) is 15.1. The Bertz CT molecular complexity index is 562. The van der Waals surface area contributed by atoms with Gasteiger partial charge in [0, 0.05) is 5.38 Å². The zero-order valence-electron chi connectivity index (χ0n) is 11.0. The minimum absolute atomic E-state index is 0.136. The van der Waals surface area contributed by atoms with E-state index in [0.29, 0.717) is 5.69 Å². The van der Waals surface area contributed by atoms with Crippen molar-refractivity contribution in [1.82, 2.24) is 10.3 Å². The van der Waals surface area contributed by atoms with Crippen LogP contribution in [-0.4, -0.2) is 39.9 Å². The predicted molar refractivity (Wildman–Crippen MR) is 79.9 cm³/mol. The Morgan fingerprint density at radius 3 is 2.75 bits per heavy atom. The average Bonchev–Trinajstić information content (AvgIpc) is 3.08. The Hall–Kier alpha value is -1.28. The minimum atomic E-state index is -0.996. The highest BCUT2D eigenvalue weighted by Crippen LogP contribution is 2.27. The van der Waals surface area contributed by atoms with E-state index in [4.69, 9.17) is 10.2 Å². The van der Waals surface area contributed by atoms with Gasteiger partial charge in [-0.1, -0.05) is 6.07 Å². The summed E-state index contributed by atoms with van der Waals surface area (Å²) in [5, 5.41) is 25.6. The monoisotopic (exact) mass is 312 g/mol. The molecule has 0 aliphatic heterocycles. The summed E-state index contributed by atoms with van der Waals surface area (Å²) in [6, 6.07) is 3.95. The molecule has 108 valence electrons. The maximum Gasteiger partial charge on any atom is 0.226 e. The highest BCUT2D eigenvalue weighted by atomic mass is 32.1. The Balaban J connectivity index is 1.99. The molecule has 2 aromatic heterocycles. The van der Waals surface area contributed by atoms with Gasteiger partial charge in [0.2, 0.25) is 5.91 Å². The molecule has 5 nitrogen and oxygen atoms in total. The van der Waals surface area contributed by atoms with Crippen LogP contribution in [0.15, 0.2) is 22.9 Å². The molecule has 0 atom stereocenters. The molecule has 0 spiro atoms. The average molecular weight is 312 g/mol. The van der Waals surface area contributed by atoms with E-state index < -0.39 is 5.54 Å². The molecule has 2 rings (SSSR count).